The van der Waals surface area contributed by atoms with Gasteiger partial charge in [0.2, 0.25) is 0 Å². The van der Waals surface area contributed by atoms with Crippen LogP contribution in [-0.4, -0.2) is 106 Å². The number of hydrogen-bond donors (Lipinski definition) is 0. The van der Waals surface area contributed by atoms with Gasteiger partial charge in [0.25, 0.3) is 0 Å². The summed E-state index contributed by atoms with van der Waals surface area (Å²) in [6, 6.07) is 9.59. The number of amides is 1. The SMILES string of the molecule is C#CCN1CC2(CC3=C(c4ccn(C(F)F)n4)[C@H](c4ccc(F)cc4Cl)N=C(c4nccs4)N3C2)OC1=O.Fc1ccc([C@@H]2N=C(c3nccs3)N3CC4(CO4)CC3=C2c2ccn(C(F)F)n2)c(Cl)c1. The van der Waals surface area contributed by atoms with Gasteiger partial charge in [-0.15, -0.1) is 29.1 Å². The summed E-state index contributed by atoms with van der Waals surface area (Å²) in [7, 11) is 0. The number of nitrogens with zero attached hydrogens (tertiary/aromatic N) is 11. The lowest BCUT2D eigenvalue weighted by molar-refractivity contribution is 0.0560. The van der Waals surface area contributed by atoms with Crippen molar-refractivity contribution in [2.24, 2.45) is 9.98 Å². The summed E-state index contributed by atoms with van der Waals surface area (Å²) in [4.78, 5) is 36.8. The van der Waals surface area contributed by atoms with Gasteiger partial charge in [-0.3, -0.25) is 14.9 Å². The normalized spacial score (nSPS) is 23.6. The molecule has 2 unspecified atom stereocenters. The number of thiazole rings is 2. The Balaban J connectivity index is 0.000000154. The molecule has 6 aliphatic heterocycles. The van der Waals surface area contributed by atoms with Crippen molar-refractivity contribution in [1.82, 2.24) is 44.2 Å². The van der Waals surface area contributed by atoms with E-state index >= 15 is 0 Å². The number of rotatable bonds is 9. The fraction of sp³-hybridized carbons (Fsp3) is 0.283. The summed E-state index contributed by atoms with van der Waals surface area (Å²) in [6.07, 6.45) is 11.5. The number of halogens is 8. The Labute approximate surface area is 411 Å². The summed E-state index contributed by atoms with van der Waals surface area (Å²) >= 11 is 15.7. The van der Waals surface area contributed by atoms with Crippen LogP contribution in [0.2, 0.25) is 10.0 Å². The molecule has 0 aliphatic carbocycles. The Morgan fingerprint density at radius 1 is 0.743 bits per heavy atom. The third-order valence-corrected chi connectivity index (χ3v) is 14.7. The maximum atomic E-state index is 14.0. The van der Waals surface area contributed by atoms with E-state index < -0.39 is 48.5 Å². The van der Waals surface area contributed by atoms with Gasteiger partial charge < -0.3 is 19.3 Å². The molecule has 4 fully saturated rings. The number of carbonyl (C=O) groups excluding carboxylic acids is 1. The van der Waals surface area contributed by atoms with Crippen LogP contribution in [0.1, 0.15) is 70.6 Å². The highest BCUT2D eigenvalue weighted by atomic mass is 35.5. The predicted molar refractivity (Wildman–Crippen MR) is 247 cm³/mol. The standard InChI is InChI=1S/C25H18ClF3N6O2S.C21H15ClF3N5OS/c1-2-7-33-12-25(37-24(33)36)11-18-19(17-5-8-35(32-17)23(28)29)20(15-4-3-14(27)10-16(15)26)31-21(34(18)13-25)22-30-6-9-38-22;22-13-7-11(23)1-2-12(13)17-16(14-3-5-30(28-14)20(24)25)15-8-21(10-31-21)9-29(15)18(27-17)19-26-4-6-32-19/h1,3-6,8-10,20,23H,7,11-13H2;1-7,17,20H,8-10H2/t20-,25?;17-,21?/m00/s1. The quantitative estimate of drug-likeness (QED) is 0.0788. The number of fused-ring (bicyclic) bond motifs is 2. The largest absolute Gasteiger partial charge is 0.439 e. The summed E-state index contributed by atoms with van der Waals surface area (Å²) in [5, 5.41) is 13.5. The molecule has 4 atom stereocenters. The van der Waals surface area contributed by atoms with Crippen LogP contribution in [0.25, 0.3) is 11.1 Å². The minimum atomic E-state index is -2.85. The molecule has 0 bridgehead atoms. The van der Waals surface area contributed by atoms with Gasteiger partial charge >= 0.3 is 19.2 Å². The van der Waals surface area contributed by atoms with Gasteiger partial charge in [-0.1, -0.05) is 41.3 Å². The smallest absolute Gasteiger partial charge is 0.411 e. The number of ether oxygens (including phenoxy) is 2. The van der Waals surface area contributed by atoms with Crippen molar-refractivity contribution in [3.8, 4) is 12.3 Å². The number of amidine groups is 2. The number of benzene rings is 2. The van der Waals surface area contributed by atoms with Gasteiger partial charge in [0.1, 0.15) is 29.3 Å². The summed E-state index contributed by atoms with van der Waals surface area (Å²) in [6.45, 7) is -3.84. The van der Waals surface area contributed by atoms with Crippen molar-refractivity contribution in [2.45, 2.75) is 49.2 Å². The Kier molecular flexibility index (Phi) is 11.6. The zero-order valence-corrected chi connectivity index (χ0v) is 39.0. The highest BCUT2D eigenvalue weighted by Gasteiger charge is 2.57. The molecule has 4 saturated heterocycles. The number of aliphatic imine (C=N–C) groups is 2. The topological polar surface area (TPSA) is 135 Å². The third-order valence-electron chi connectivity index (χ3n) is 12.5. The van der Waals surface area contributed by atoms with Gasteiger partial charge in [-0.25, -0.2) is 32.9 Å². The monoisotopic (exact) mass is 1040 g/mol. The van der Waals surface area contributed by atoms with Crippen LogP contribution >= 0.6 is 45.9 Å². The lowest BCUT2D eigenvalue weighted by atomic mass is 9.91. The van der Waals surface area contributed by atoms with E-state index in [9.17, 15) is 31.1 Å². The number of aromatic nitrogens is 6. The number of hydrogen-bond acceptors (Lipinski definition) is 13. The molecule has 4 aromatic heterocycles. The average Bonchev–Trinajstić information content (AvgIpc) is 4.12. The third kappa shape index (κ3) is 8.22. The highest BCUT2D eigenvalue weighted by molar-refractivity contribution is 7.12. The first kappa shape index (κ1) is 45.9. The average molecular weight is 1040 g/mol. The predicted octanol–water partition coefficient (Wildman–Crippen LogP) is 9.88. The van der Waals surface area contributed by atoms with Gasteiger partial charge in [0.05, 0.1) is 44.2 Å². The second-order valence-corrected chi connectivity index (χ2v) is 19.6. The van der Waals surface area contributed by atoms with Crippen LogP contribution in [-0.2, 0) is 9.47 Å². The summed E-state index contributed by atoms with van der Waals surface area (Å²) in [5.74, 6) is 2.63. The molecular weight excluding hydrogens is 1000 g/mol. The molecule has 0 saturated carbocycles. The molecule has 358 valence electrons. The van der Waals surface area contributed by atoms with Crippen LogP contribution in [0.5, 0.6) is 0 Å². The maximum absolute atomic E-state index is 14.0. The number of terminal acetylenes is 1. The summed E-state index contributed by atoms with van der Waals surface area (Å²) < 4.78 is 94.1. The van der Waals surface area contributed by atoms with E-state index in [2.05, 4.69) is 26.1 Å². The van der Waals surface area contributed by atoms with Gasteiger partial charge in [0, 0.05) is 92.1 Å². The zero-order valence-electron chi connectivity index (χ0n) is 35.9. The molecule has 14 nitrogen and oxygen atoms in total. The van der Waals surface area contributed by atoms with Crippen molar-refractivity contribution in [3.63, 3.8) is 0 Å². The number of carbonyl (C=O) groups is 1. The van der Waals surface area contributed by atoms with Crippen molar-refractivity contribution in [2.75, 3.05) is 32.8 Å². The first-order chi connectivity index (χ1) is 33.7. The molecule has 2 aromatic carbocycles. The van der Waals surface area contributed by atoms with Gasteiger partial charge in [-0.05, 0) is 36.4 Å². The molecule has 6 aliphatic rings. The van der Waals surface area contributed by atoms with E-state index in [-0.39, 0.29) is 47.4 Å². The zero-order chi connectivity index (χ0) is 48.6. The van der Waals surface area contributed by atoms with Crippen LogP contribution in [0.15, 0.2) is 105 Å². The Morgan fingerprint density at radius 2 is 1.23 bits per heavy atom. The minimum Gasteiger partial charge on any atom is -0.439 e. The van der Waals surface area contributed by atoms with Gasteiger partial charge in [0.15, 0.2) is 27.3 Å². The lowest BCUT2D eigenvalue weighted by Gasteiger charge is -2.32. The van der Waals surface area contributed by atoms with E-state index in [1.54, 1.807) is 29.9 Å². The molecule has 12 rings (SSSR count). The molecule has 70 heavy (non-hydrogen) atoms. The van der Waals surface area contributed by atoms with Crippen LogP contribution < -0.4 is 0 Å². The molecule has 2 spiro atoms. The highest BCUT2D eigenvalue weighted by Crippen LogP contribution is 2.53. The molecular formula is C46H33Cl2F6N11O3S2. The maximum Gasteiger partial charge on any atom is 0.411 e. The van der Waals surface area contributed by atoms with Gasteiger partial charge in [-0.2, -0.15) is 27.8 Å². The molecule has 6 aromatic rings. The van der Waals surface area contributed by atoms with E-state index in [0.717, 1.165) is 10.7 Å². The first-order valence-corrected chi connectivity index (χ1v) is 23.8. The van der Waals surface area contributed by atoms with E-state index in [4.69, 9.17) is 49.1 Å². The molecule has 10 heterocycles. The van der Waals surface area contributed by atoms with E-state index in [1.165, 1.54) is 76.4 Å². The fourth-order valence-electron chi connectivity index (χ4n) is 9.45. The van der Waals surface area contributed by atoms with Crippen LogP contribution in [0.4, 0.5) is 31.1 Å². The summed E-state index contributed by atoms with van der Waals surface area (Å²) in [5.41, 5.74) is 3.08. The molecule has 24 heteroatoms. The lowest BCUT2D eigenvalue weighted by Crippen LogP contribution is -2.40. The minimum absolute atomic E-state index is 0.0898. The second-order valence-electron chi connectivity index (χ2n) is 17.0. The fourth-order valence-corrected chi connectivity index (χ4v) is 11.3. The van der Waals surface area contributed by atoms with Crippen molar-refractivity contribution in [3.05, 3.63) is 150 Å². The van der Waals surface area contributed by atoms with Crippen molar-refractivity contribution >= 4 is 74.8 Å². The molecule has 0 N–H and O–H groups in total. The van der Waals surface area contributed by atoms with E-state index in [0.29, 0.717) is 79.3 Å². The Morgan fingerprint density at radius 3 is 1.64 bits per heavy atom. The second kappa shape index (κ2) is 17.7. The Bertz CT molecular complexity index is 3220. The first-order valence-electron chi connectivity index (χ1n) is 21.3. The van der Waals surface area contributed by atoms with E-state index in [1.807, 2.05) is 15.2 Å². The molecule has 1 amide bonds. The van der Waals surface area contributed by atoms with Crippen LogP contribution in [0.3, 0.4) is 0 Å². The van der Waals surface area contributed by atoms with Crippen molar-refractivity contribution < 1.29 is 40.6 Å². The number of alkyl halides is 4. The molecule has 0 radical (unpaired) electrons. The van der Waals surface area contributed by atoms with Crippen molar-refractivity contribution in [1.29, 1.82) is 0 Å². The Hall–Kier alpha value is -6.51. The van der Waals surface area contributed by atoms with Crippen LogP contribution in [0, 0.1) is 24.0 Å². The number of epoxide rings is 1.